The minimum Gasteiger partial charge on any atom is -0.248 e. The van der Waals surface area contributed by atoms with E-state index < -0.39 is 5.41 Å². The number of fused-ring (bicyclic) bond motifs is 6. The first-order chi connectivity index (χ1) is 17.3. The van der Waals surface area contributed by atoms with Crippen LogP contribution >= 0.6 is 0 Å². The molecule has 1 aromatic heterocycles. The van der Waals surface area contributed by atoms with E-state index in [9.17, 15) is 0 Å². The van der Waals surface area contributed by atoms with Crippen molar-refractivity contribution in [3.63, 3.8) is 0 Å². The predicted molar refractivity (Wildman–Crippen MR) is 150 cm³/mol. The van der Waals surface area contributed by atoms with E-state index in [2.05, 4.69) is 113 Å². The molecule has 36 heavy (non-hydrogen) atoms. The quantitative estimate of drug-likeness (QED) is 0.294. The number of aromatic nitrogens is 2. The largest absolute Gasteiger partial charge is 0.248 e. The molecule has 0 aliphatic heterocycles. The van der Waals surface area contributed by atoms with Crippen molar-refractivity contribution in [3.8, 4) is 11.3 Å². The van der Waals surface area contributed by atoms with Gasteiger partial charge in [0, 0.05) is 11.0 Å². The summed E-state index contributed by atoms with van der Waals surface area (Å²) in [5.41, 5.74) is 9.68. The van der Waals surface area contributed by atoms with Crippen molar-refractivity contribution in [2.45, 2.75) is 44.4 Å². The fraction of sp³-hybridized carbons (Fsp3) is 0.235. The van der Waals surface area contributed by atoms with Gasteiger partial charge in [0.15, 0.2) is 0 Å². The first-order valence-corrected chi connectivity index (χ1v) is 12.8. The van der Waals surface area contributed by atoms with Gasteiger partial charge in [-0.05, 0) is 52.7 Å². The van der Waals surface area contributed by atoms with Crippen molar-refractivity contribution >= 4 is 11.0 Å². The number of hydrogen-bond donors (Lipinski definition) is 0. The molecule has 2 atom stereocenters. The van der Waals surface area contributed by atoms with Gasteiger partial charge < -0.3 is 0 Å². The average Bonchev–Trinajstić information content (AvgIpc) is 3.33. The van der Waals surface area contributed by atoms with E-state index >= 15 is 0 Å². The maximum atomic E-state index is 5.42. The average molecular weight is 469 g/mol. The summed E-state index contributed by atoms with van der Waals surface area (Å²) < 4.78 is 0. The Morgan fingerprint density at radius 3 is 1.97 bits per heavy atom. The van der Waals surface area contributed by atoms with Crippen LogP contribution in [0, 0.1) is 5.41 Å². The minimum atomic E-state index is -0.435. The highest BCUT2D eigenvalue weighted by atomic mass is 14.9. The zero-order valence-electron chi connectivity index (χ0n) is 21.4. The molecule has 2 nitrogen and oxygen atoms in total. The second kappa shape index (κ2) is 7.86. The molecule has 2 aliphatic carbocycles. The Morgan fingerprint density at radius 1 is 0.750 bits per heavy atom. The van der Waals surface area contributed by atoms with Crippen molar-refractivity contribution in [1.82, 2.24) is 9.97 Å². The third-order valence-electron chi connectivity index (χ3n) is 8.00. The molecule has 4 aromatic rings. The SMILES string of the molecule is C=CC1=C(C=C)C2(c3nc4ccccc4nc3-c3ccccc3)CC1(CC(C)(C)C)c1ccccc12. The lowest BCUT2D eigenvalue weighted by atomic mass is 9.66. The summed E-state index contributed by atoms with van der Waals surface area (Å²) in [6, 6.07) is 27.6. The molecule has 2 aliphatic rings. The lowest BCUT2D eigenvalue weighted by Crippen LogP contribution is -2.30. The highest BCUT2D eigenvalue weighted by Crippen LogP contribution is 2.69. The summed E-state index contributed by atoms with van der Waals surface area (Å²) in [5.74, 6) is 0. The lowest BCUT2D eigenvalue weighted by Gasteiger charge is -2.37. The third kappa shape index (κ3) is 3.03. The van der Waals surface area contributed by atoms with Gasteiger partial charge in [0.05, 0.1) is 27.8 Å². The number of para-hydroxylation sites is 2. The zero-order chi connectivity index (χ0) is 25.1. The number of nitrogens with zero attached hydrogens (tertiary/aromatic N) is 2. The Kier molecular flexibility index (Phi) is 4.95. The molecule has 1 heterocycles. The van der Waals surface area contributed by atoms with E-state index in [4.69, 9.17) is 9.97 Å². The van der Waals surface area contributed by atoms with E-state index in [-0.39, 0.29) is 10.8 Å². The molecular formula is C34H32N2. The Labute approximate surface area is 214 Å². The highest BCUT2D eigenvalue weighted by molar-refractivity contribution is 5.82. The van der Waals surface area contributed by atoms with Crippen LogP contribution < -0.4 is 0 Å². The van der Waals surface area contributed by atoms with E-state index in [0.29, 0.717) is 0 Å². The van der Waals surface area contributed by atoms with Crippen LogP contribution in [-0.2, 0) is 10.8 Å². The van der Waals surface area contributed by atoms with Gasteiger partial charge in [-0.25, -0.2) is 9.97 Å². The van der Waals surface area contributed by atoms with Gasteiger partial charge in [0.2, 0.25) is 0 Å². The molecule has 0 N–H and O–H groups in total. The Bertz CT molecular complexity index is 1550. The maximum Gasteiger partial charge on any atom is 0.0938 e. The first kappa shape index (κ1) is 22.7. The van der Waals surface area contributed by atoms with Gasteiger partial charge >= 0.3 is 0 Å². The minimum absolute atomic E-state index is 0.130. The summed E-state index contributed by atoms with van der Waals surface area (Å²) in [7, 11) is 0. The molecule has 0 amide bonds. The summed E-state index contributed by atoms with van der Waals surface area (Å²) in [6.45, 7) is 15.7. The van der Waals surface area contributed by atoms with Gasteiger partial charge in [0.1, 0.15) is 0 Å². The molecule has 0 saturated carbocycles. The predicted octanol–water partition coefficient (Wildman–Crippen LogP) is 8.34. The van der Waals surface area contributed by atoms with Crippen LogP contribution in [0.15, 0.2) is 115 Å². The van der Waals surface area contributed by atoms with E-state index in [1.807, 2.05) is 12.1 Å². The fourth-order valence-corrected chi connectivity index (χ4v) is 7.07. The molecule has 0 saturated heterocycles. The van der Waals surface area contributed by atoms with Gasteiger partial charge in [-0.3, -0.25) is 0 Å². The summed E-state index contributed by atoms with van der Waals surface area (Å²) in [6.07, 6.45) is 6.09. The molecule has 2 unspecified atom stereocenters. The van der Waals surface area contributed by atoms with Crippen LogP contribution in [0.25, 0.3) is 22.3 Å². The summed E-state index contributed by atoms with van der Waals surface area (Å²) >= 11 is 0. The van der Waals surface area contributed by atoms with Crippen LogP contribution in [0.5, 0.6) is 0 Å². The number of allylic oxidation sites excluding steroid dienone is 4. The number of rotatable bonds is 5. The van der Waals surface area contributed by atoms with E-state index in [1.54, 1.807) is 0 Å². The molecule has 0 radical (unpaired) electrons. The summed E-state index contributed by atoms with van der Waals surface area (Å²) in [4.78, 5) is 10.7. The van der Waals surface area contributed by atoms with Gasteiger partial charge in [0.25, 0.3) is 0 Å². The maximum absolute atomic E-state index is 5.42. The molecule has 2 heteroatoms. The molecule has 2 bridgehead atoms. The van der Waals surface area contributed by atoms with Crippen molar-refractivity contribution in [2.24, 2.45) is 5.41 Å². The molecular weight excluding hydrogens is 436 g/mol. The molecule has 0 spiro atoms. The molecule has 178 valence electrons. The van der Waals surface area contributed by atoms with Crippen molar-refractivity contribution in [1.29, 1.82) is 0 Å². The second-order valence-electron chi connectivity index (χ2n) is 11.5. The van der Waals surface area contributed by atoms with Crippen molar-refractivity contribution in [3.05, 3.63) is 132 Å². The number of benzene rings is 3. The second-order valence-corrected chi connectivity index (χ2v) is 11.5. The lowest BCUT2D eigenvalue weighted by molar-refractivity contribution is 0.282. The van der Waals surface area contributed by atoms with E-state index in [0.717, 1.165) is 40.8 Å². The standard InChI is InChI=1S/C34H32N2/c1-6-24-25(7-2)34(22-33(24,21-32(3,4)5)26-17-11-12-18-27(26)34)31-30(23-15-9-8-10-16-23)35-28-19-13-14-20-29(28)36-31/h6-20H,1-2,21-22H2,3-5H3. The third-order valence-corrected chi connectivity index (χ3v) is 8.00. The highest BCUT2D eigenvalue weighted by Gasteiger charge is 2.63. The van der Waals surface area contributed by atoms with Crippen LogP contribution in [-0.4, -0.2) is 9.97 Å². The fourth-order valence-electron chi connectivity index (χ4n) is 7.07. The topological polar surface area (TPSA) is 25.8 Å². The Balaban J connectivity index is 1.76. The van der Waals surface area contributed by atoms with Crippen LogP contribution in [0.1, 0.15) is 50.4 Å². The smallest absolute Gasteiger partial charge is 0.0938 e. The van der Waals surface area contributed by atoms with Crippen LogP contribution in [0.4, 0.5) is 0 Å². The van der Waals surface area contributed by atoms with Crippen molar-refractivity contribution in [2.75, 3.05) is 0 Å². The Morgan fingerprint density at radius 2 is 1.33 bits per heavy atom. The van der Waals surface area contributed by atoms with Crippen molar-refractivity contribution < 1.29 is 0 Å². The van der Waals surface area contributed by atoms with Gasteiger partial charge in [-0.15, -0.1) is 0 Å². The van der Waals surface area contributed by atoms with Crippen LogP contribution in [0.2, 0.25) is 0 Å². The van der Waals surface area contributed by atoms with E-state index in [1.165, 1.54) is 22.3 Å². The zero-order valence-corrected chi connectivity index (χ0v) is 21.4. The normalized spacial score (nSPS) is 22.6. The molecule has 0 fully saturated rings. The molecule has 6 rings (SSSR count). The monoisotopic (exact) mass is 468 g/mol. The first-order valence-electron chi connectivity index (χ1n) is 12.8. The van der Waals surface area contributed by atoms with Crippen LogP contribution in [0.3, 0.4) is 0 Å². The Hall–Kier alpha value is -3.78. The van der Waals surface area contributed by atoms with Gasteiger partial charge in [-0.1, -0.05) is 113 Å². The number of hydrogen-bond acceptors (Lipinski definition) is 2. The van der Waals surface area contributed by atoms with Gasteiger partial charge in [-0.2, -0.15) is 0 Å². The molecule has 3 aromatic carbocycles. The summed E-state index contributed by atoms with van der Waals surface area (Å²) in [5, 5.41) is 0.